The van der Waals surface area contributed by atoms with E-state index >= 15 is 0 Å². The lowest BCUT2D eigenvalue weighted by Gasteiger charge is -2.33. The van der Waals surface area contributed by atoms with E-state index in [-0.39, 0.29) is 12.5 Å². The average Bonchev–Trinajstić information content (AvgIpc) is 2.04. The molecule has 7 heteroatoms. The fourth-order valence-corrected chi connectivity index (χ4v) is 8.64. The average molecular weight is 238 g/mol. The van der Waals surface area contributed by atoms with Crippen molar-refractivity contribution >= 4 is 26.6 Å². The van der Waals surface area contributed by atoms with Gasteiger partial charge in [0.2, 0.25) is 18.1 Å². The Balaban J connectivity index is 4.25. The van der Waals surface area contributed by atoms with Crippen molar-refractivity contribution in [3.63, 3.8) is 0 Å². The molecule has 1 unspecified atom stereocenters. The molecule has 0 amide bonds. The van der Waals surface area contributed by atoms with E-state index in [0.29, 0.717) is 9.76 Å². The molecular formula is C6H18O4Si3. The number of aliphatic hydroxyl groups is 2. The zero-order valence-corrected chi connectivity index (χ0v) is 11.6. The van der Waals surface area contributed by atoms with Crippen LogP contribution in [0.25, 0.3) is 0 Å². The Bertz CT molecular complexity index is 155. The molecule has 0 rings (SSSR count). The van der Waals surface area contributed by atoms with Crippen LogP contribution < -0.4 is 0 Å². The van der Waals surface area contributed by atoms with Crippen LogP contribution in [-0.2, 0) is 8.23 Å². The molecule has 78 valence electrons. The number of aliphatic hydroxyl groups excluding tert-OH is 2. The molecule has 2 radical (unpaired) electrons. The molecule has 0 fully saturated rings. The Morgan fingerprint density at radius 2 is 1.69 bits per heavy atom. The Morgan fingerprint density at radius 3 is 2.00 bits per heavy atom. The third-order valence-corrected chi connectivity index (χ3v) is 9.30. The van der Waals surface area contributed by atoms with Crippen LogP contribution in [0.3, 0.4) is 0 Å². The number of rotatable bonds is 6. The van der Waals surface area contributed by atoms with Gasteiger partial charge in [0.1, 0.15) is 0 Å². The topological polar surface area (TPSA) is 58.9 Å². The molecule has 0 aromatic carbocycles. The summed E-state index contributed by atoms with van der Waals surface area (Å²) in [5.41, 5.74) is 0. The summed E-state index contributed by atoms with van der Waals surface area (Å²) in [6, 6.07) is 0. The molecule has 13 heavy (non-hydrogen) atoms. The second-order valence-electron chi connectivity index (χ2n) is 3.62. The van der Waals surface area contributed by atoms with Crippen molar-refractivity contribution in [1.29, 1.82) is 0 Å². The van der Waals surface area contributed by atoms with Gasteiger partial charge in [-0.1, -0.05) is 0 Å². The summed E-state index contributed by atoms with van der Waals surface area (Å²) in [7, 11) is -4.12. The van der Waals surface area contributed by atoms with E-state index in [1.807, 2.05) is 26.2 Å². The Morgan fingerprint density at radius 1 is 1.15 bits per heavy atom. The standard InChI is InChI=1S/C6H18O4Si3/c1-11-9-13(4,6-8)10-12(2,3)5-7/h7-8H,5-6H2,1-4H3. The van der Waals surface area contributed by atoms with Crippen LogP contribution in [0.4, 0.5) is 0 Å². The number of hydrogen-bond acceptors (Lipinski definition) is 4. The fourth-order valence-electron chi connectivity index (χ4n) is 0.918. The lowest BCUT2D eigenvalue weighted by Crippen LogP contribution is -2.53. The molecule has 0 aliphatic heterocycles. The normalized spacial score (nSPS) is 17.1. The van der Waals surface area contributed by atoms with Crippen LogP contribution >= 0.6 is 0 Å². The highest BCUT2D eigenvalue weighted by molar-refractivity contribution is 6.83. The van der Waals surface area contributed by atoms with Crippen LogP contribution in [0.5, 0.6) is 0 Å². The maximum absolute atomic E-state index is 9.13. The molecule has 0 aromatic rings. The predicted molar refractivity (Wildman–Crippen MR) is 57.1 cm³/mol. The highest BCUT2D eigenvalue weighted by Gasteiger charge is 2.37. The van der Waals surface area contributed by atoms with Gasteiger partial charge >= 0.3 is 8.56 Å². The van der Waals surface area contributed by atoms with Crippen molar-refractivity contribution in [3.05, 3.63) is 0 Å². The van der Waals surface area contributed by atoms with Crippen molar-refractivity contribution in [2.75, 3.05) is 12.5 Å². The maximum Gasteiger partial charge on any atom is 0.340 e. The smallest absolute Gasteiger partial charge is 0.340 e. The van der Waals surface area contributed by atoms with Gasteiger partial charge in [0.25, 0.3) is 0 Å². The summed E-state index contributed by atoms with van der Waals surface area (Å²) in [6.45, 7) is 7.55. The molecule has 0 bridgehead atoms. The van der Waals surface area contributed by atoms with Crippen LogP contribution in [-0.4, -0.2) is 49.3 Å². The van der Waals surface area contributed by atoms with Gasteiger partial charge < -0.3 is 18.4 Å². The summed E-state index contributed by atoms with van der Waals surface area (Å²) >= 11 is 0. The summed E-state index contributed by atoms with van der Waals surface area (Å²) in [5.74, 6) is 0. The Labute approximate surface area is 84.2 Å². The van der Waals surface area contributed by atoms with Crippen LogP contribution in [0, 0.1) is 0 Å². The minimum Gasteiger partial charge on any atom is -0.435 e. The van der Waals surface area contributed by atoms with E-state index in [1.54, 1.807) is 0 Å². The van der Waals surface area contributed by atoms with Crippen molar-refractivity contribution < 1.29 is 18.4 Å². The SMILES string of the molecule is C[Si]O[Si](C)(CO)O[Si](C)(C)CO. The van der Waals surface area contributed by atoms with Gasteiger partial charge in [0.15, 0.2) is 0 Å². The number of hydrogen-bond donors (Lipinski definition) is 2. The zero-order valence-electron chi connectivity index (χ0n) is 8.63. The molecule has 0 saturated heterocycles. The zero-order chi connectivity index (χ0) is 10.5. The Hall–Kier alpha value is 0.491. The predicted octanol–water partition coefficient (Wildman–Crippen LogP) is 0.0270. The molecule has 2 N–H and O–H groups in total. The molecule has 0 aliphatic rings. The maximum atomic E-state index is 9.13. The van der Waals surface area contributed by atoms with Crippen molar-refractivity contribution in [2.24, 2.45) is 0 Å². The van der Waals surface area contributed by atoms with E-state index in [4.69, 9.17) is 18.4 Å². The second kappa shape index (κ2) is 5.39. The monoisotopic (exact) mass is 238 g/mol. The minimum atomic E-state index is -2.41. The molecule has 0 heterocycles. The summed E-state index contributed by atoms with van der Waals surface area (Å²) in [5, 5.41) is 18.2. The molecule has 0 saturated carbocycles. The van der Waals surface area contributed by atoms with E-state index in [1.165, 1.54) is 0 Å². The molecular weight excluding hydrogens is 220 g/mol. The molecule has 4 nitrogen and oxygen atoms in total. The largest absolute Gasteiger partial charge is 0.435 e. The van der Waals surface area contributed by atoms with Crippen molar-refractivity contribution in [2.45, 2.75) is 26.2 Å². The lowest BCUT2D eigenvalue weighted by molar-refractivity contribution is 0.269. The van der Waals surface area contributed by atoms with Gasteiger partial charge in [-0.25, -0.2) is 0 Å². The van der Waals surface area contributed by atoms with E-state index in [0.717, 1.165) is 0 Å². The molecule has 0 aliphatic carbocycles. The first kappa shape index (κ1) is 13.5. The Kier molecular flexibility index (Phi) is 5.59. The van der Waals surface area contributed by atoms with E-state index in [2.05, 4.69) is 0 Å². The van der Waals surface area contributed by atoms with E-state index < -0.39 is 16.9 Å². The van der Waals surface area contributed by atoms with Gasteiger partial charge in [0, 0.05) is 0 Å². The van der Waals surface area contributed by atoms with Crippen LogP contribution in [0.15, 0.2) is 0 Å². The third-order valence-electron chi connectivity index (χ3n) is 1.48. The first-order chi connectivity index (χ1) is 5.89. The van der Waals surface area contributed by atoms with Gasteiger partial charge in [-0.2, -0.15) is 0 Å². The van der Waals surface area contributed by atoms with Gasteiger partial charge in [0.05, 0.1) is 12.5 Å². The van der Waals surface area contributed by atoms with E-state index in [9.17, 15) is 0 Å². The molecule has 0 spiro atoms. The van der Waals surface area contributed by atoms with Crippen LogP contribution in [0.2, 0.25) is 26.2 Å². The first-order valence-corrected chi connectivity index (χ1v) is 11.2. The fraction of sp³-hybridized carbons (Fsp3) is 1.00. The van der Waals surface area contributed by atoms with Crippen LogP contribution in [0.1, 0.15) is 0 Å². The van der Waals surface area contributed by atoms with Crippen molar-refractivity contribution in [3.8, 4) is 0 Å². The molecule has 1 atom stereocenters. The molecule has 0 aromatic heterocycles. The highest BCUT2D eigenvalue weighted by atomic mass is 28.5. The summed E-state index contributed by atoms with van der Waals surface area (Å²) < 4.78 is 11.2. The van der Waals surface area contributed by atoms with Crippen molar-refractivity contribution in [1.82, 2.24) is 0 Å². The van der Waals surface area contributed by atoms with Gasteiger partial charge in [-0.05, 0) is 26.2 Å². The summed E-state index contributed by atoms with van der Waals surface area (Å²) in [4.78, 5) is 0. The first-order valence-electron chi connectivity index (χ1n) is 4.16. The summed E-state index contributed by atoms with van der Waals surface area (Å²) in [6.07, 6.45) is 0.00997. The van der Waals surface area contributed by atoms with Gasteiger partial charge in [-0.15, -0.1) is 0 Å². The lowest BCUT2D eigenvalue weighted by atomic mass is 11.7. The quantitative estimate of drug-likeness (QED) is 0.641. The van der Waals surface area contributed by atoms with Gasteiger partial charge in [-0.3, -0.25) is 0 Å². The highest BCUT2D eigenvalue weighted by Crippen LogP contribution is 2.14. The third kappa shape index (κ3) is 5.05. The minimum absolute atomic E-state index is 0.0513. The second-order valence-corrected chi connectivity index (χ2v) is 12.1.